The fourth-order valence-corrected chi connectivity index (χ4v) is 1.09. The Bertz CT molecular complexity index is 210. The maximum Gasteiger partial charge on any atom is 0.490 e. The number of allylic oxidation sites excluding steroid dienone is 3. The first-order chi connectivity index (χ1) is 5.13. The van der Waals surface area contributed by atoms with Gasteiger partial charge in [0.05, 0.1) is 0 Å². The highest BCUT2D eigenvalue weighted by Crippen LogP contribution is 2.14. The molecular formula is C7H12BNO2. The molecule has 1 aliphatic rings. The van der Waals surface area contributed by atoms with Gasteiger partial charge in [-0.25, -0.2) is 0 Å². The van der Waals surface area contributed by atoms with Crippen molar-refractivity contribution in [2.24, 2.45) is 0 Å². The summed E-state index contributed by atoms with van der Waals surface area (Å²) in [5.41, 5.74) is 1.50. The fraction of sp³-hybridized carbons (Fsp3) is 0.429. The normalized spacial score (nSPS) is 17.6. The number of rotatable bonds is 1. The zero-order valence-electron chi connectivity index (χ0n) is 6.78. The predicted molar refractivity (Wildman–Crippen MR) is 44.7 cm³/mol. The van der Waals surface area contributed by atoms with Crippen LogP contribution < -0.4 is 0 Å². The van der Waals surface area contributed by atoms with Crippen LogP contribution in [0.25, 0.3) is 0 Å². The number of likely N-dealkylation sites (N-methyl/N-ethyl adjacent to an activating group) is 1. The van der Waals surface area contributed by atoms with E-state index in [1.807, 2.05) is 24.9 Å². The Hall–Kier alpha value is -0.735. The lowest BCUT2D eigenvalue weighted by molar-refractivity contribution is 0.408. The van der Waals surface area contributed by atoms with E-state index in [9.17, 15) is 0 Å². The zero-order valence-corrected chi connectivity index (χ0v) is 6.78. The molecule has 0 amide bonds. The molecule has 1 heterocycles. The van der Waals surface area contributed by atoms with Crippen LogP contribution in [-0.4, -0.2) is 35.7 Å². The van der Waals surface area contributed by atoms with Gasteiger partial charge in [0, 0.05) is 24.8 Å². The molecule has 0 unspecified atom stereocenters. The molecule has 4 heteroatoms. The molecular weight excluding hydrogens is 141 g/mol. The Kier molecular flexibility index (Phi) is 2.36. The predicted octanol–water partition coefficient (Wildman–Crippen LogP) is -0.226. The van der Waals surface area contributed by atoms with Gasteiger partial charge in [0.2, 0.25) is 0 Å². The van der Waals surface area contributed by atoms with Gasteiger partial charge in [-0.2, -0.15) is 0 Å². The van der Waals surface area contributed by atoms with E-state index in [-0.39, 0.29) is 0 Å². The summed E-state index contributed by atoms with van der Waals surface area (Å²) in [7, 11) is 0.565. The van der Waals surface area contributed by atoms with E-state index in [4.69, 9.17) is 10.0 Å². The summed E-state index contributed by atoms with van der Waals surface area (Å²) in [6.45, 7) is 2.71. The van der Waals surface area contributed by atoms with Crippen molar-refractivity contribution in [2.45, 2.75) is 6.92 Å². The van der Waals surface area contributed by atoms with Crippen molar-refractivity contribution in [2.75, 3.05) is 13.6 Å². The molecule has 0 bridgehead atoms. The van der Waals surface area contributed by atoms with Crippen molar-refractivity contribution in [3.63, 3.8) is 0 Å². The molecule has 3 nitrogen and oxygen atoms in total. The molecule has 0 atom stereocenters. The Morgan fingerprint density at radius 3 is 2.64 bits per heavy atom. The third kappa shape index (κ3) is 1.64. The second-order valence-electron chi connectivity index (χ2n) is 2.70. The van der Waals surface area contributed by atoms with Crippen molar-refractivity contribution in [1.82, 2.24) is 4.90 Å². The van der Waals surface area contributed by atoms with Crippen LogP contribution in [0, 0.1) is 0 Å². The largest absolute Gasteiger partial charge is 0.490 e. The fourth-order valence-electron chi connectivity index (χ4n) is 1.09. The summed E-state index contributed by atoms with van der Waals surface area (Å²) < 4.78 is 0. The second kappa shape index (κ2) is 3.11. The molecule has 0 spiro atoms. The quantitative estimate of drug-likeness (QED) is 0.511. The Labute approximate surface area is 66.8 Å². The summed E-state index contributed by atoms with van der Waals surface area (Å²) in [5.74, 6) is 0. The minimum Gasteiger partial charge on any atom is -0.423 e. The Morgan fingerprint density at radius 1 is 1.55 bits per heavy atom. The second-order valence-corrected chi connectivity index (χ2v) is 2.70. The lowest BCUT2D eigenvalue weighted by Crippen LogP contribution is -2.26. The molecule has 0 aromatic carbocycles. The molecule has 0 fully saturated rings. The summed E-state index contributed by atoms with van der Waals surface area (Å²) in [6.07, 6.45) is 3.65. The van der Waals surface area contributed by atoms with E-state index >= 15 is 0 Å². The SMILES string of the molecule is CC1=C(B(O)O)C=CCN1C. The smallest absolute Gasteiger partial charge is 0.423 e. The minimum atomic E-state index is -1.35. The minimum absolute atomic E-state index is 0.582. The van der Waals surface area contributed by atoms with Gasteiger partial charge in [0.1, 0.15) is 0 Å². The third-order valence-corrected chi connectivity index (χ3v) is 1.95. The summed E-state index contributed by atoms with van der Waals surface area (Å²) in [5, 5.41) is 17.8. The summed E-state index contributed by atoms with van der Waals surface area (Å²) >= 11 is 0. The highest BCUT2D eigenvalue weighted by molar-refractivity contribution is 6.52. The van der Waals surface area contributed by atoms with Crippen LogP contribution in [0.1, 0.15) is 6.92 Å². The van der Waals surface area contributed by atoms with E-state index in [1.165, 1.54) is 0 Å². The zero-order chi connectivity index (χ0) is 8.43. The molecule has 0 aromatic rings. The van der Waals surface area contributed by atoms with Crippen LogP contribution in [0.2, 0.25) is 0 Å². The van der Waals surface area contributed by atoms with Crippen LogP contribution >= 0.6 is 0 Å². The molecule has 0 saturated carbocycles. The van der Waals surface area contributed by atoms with Gasteiger partial charge < -0.3 is 14.9 Å². The van der Waals surface area contributed by atoms with Gasteiger partial charge in [0.25, 0.3) is 0 Å². The maximum absolute atomic E-state index is 8.89. The third-order valence-electron chi connectivity index (χ3n) is 1.95. The Morgan fingerprint density at radius 2 is 2.18 bits per heavy atom. The first kappa shape index (κ1) is 8.36. The van der Waals surface area contributed by atoms with Gasteiger partial charge >= 0.3 is 7.12 Å². The topological polar surface area (TPSA) is 43.7 Å². The Balaban J connectivity index is 2.89. The first-order valence-electron chi connectivity index (χ1n) is 3.57. The lowest BCUT2D eigenvalue weighted by atomic mass is 9.76. The van der Waals surface area contributed by atoms with E-state index in [1.54, 1.807) is 6.08 Å². The standard InChI is InChI=1S/C7H12BNO2/c1-6-7(8(10)11)4-3-5-9(6)2/h3-4,10-11H,5H2,1-2H3. The molecule has 11 heavy (non-hydrogen) atoms. The highest BCUT2D eigenvalue weighted by Gasteiger charge is 2.18. The van der Waals surface area contributed by atoms with E-state index < -0.39 is 7.12 Å². The number of nitrogens with zero attached hydrogens (tertiary/aromatic N) is 1. The van der Waals surface area contributed by atoms with Crippen molar-refractivity contribution >= 4 is 7.12 Å². The monoisotopic (exact) mass is 153 g/mol. The molecule has 60 valence electrons. The van der Waals surface area contributed by atoms with Gasteiger partial charge in [0.15, 0.2) is 0 Å². The average molecular weight is 153 g/mol. The van der Waals surface area contributed by atoms with Crippen molar-refractivity contribution in [3.8, 4) is 0 Å². The van der Waals surface area contributed by atoms with Crippen LogP contribution in [0.4, 0.5) is 0 Å². The molecule has 1 rings (SSSR count). The van der Waals surface area contributed by atoms with Crippen LogP contribution in [0.5, 0.6) is 0 Å². The van der Waals surface area contributed by atoms with Gasteiger partial charge in [-0.15, -0.1) is 0 Å². The molecule has 0 aromatic heterocycles. The van der Waals surface area contributed by atoms with Crippen LogP contribution in [0.15, 0.2) is 23.3 Å². The van der Waals surface area contributed by atoms with E-state index in [0.29, 0.717) is 5.47 Å². The molecule has 0 radical (unpaired) electrons. The van der Waals surface area contributed by atoms with E-state index in [2.05, 4.69) is 0 Å². The van der Waals surface area contributed by atoms with Crippen molar-refractivity contribution in [1.29, 1.82) is 0 Å². The molecule has 1 aliphatic heterocycles. The lowest BCUT2D eigenvalue weighted by Gasteiger charge is -2.24. The summed E-state index contributed by atoms with van der Waals surface area (Å²) in [4.78, 5) is 1.97. The number of hydrogen-bond acceptors (Lipinski definition) is 3. The highest BCUT2D eigenvalue weighted by atomic mass is 16.4. The van der Waals surface area contributed by atoms with Crippen molar-refractivity contribution < 1.29 is 10.0 Å². The van der Waals surface area contributed by atoms with Crippen LogP contribution in [0.3, 0.4) is 0 Å². The van der Waals surface area contributed by atoms with Crippen LogP contribution in [-0.2, 0) is 0 Å². The summed E-state index contributed by atoms with van der Waals surface area (Å²) in [6, 6.07) is 0. The van der Waals surface area contributed by atoms with Crippen molar-refractivity contribution in [3.05, 3.63) is 23.3 Å². The average Bonchev–Trinajstić information content (AvgIpc) is 1.94. The van der Waals surface area contributed by atoms with Gasteiger partial charge in [-0.1, -0.05) is 12.2 Å². The first-order valence-corrected chi connectivity index (χ1v) is 3.57. The maximum atomic E-state index is 8.89. The molecule has 0 aliphatic carbocycles. The van der Waals surface area contributed by atoms with Gasteiger partial charge in [-0.05, 0) is 6.92 Å². The number of hydrogen-bond donors (Lipinski definition) is 2. The molecule has 2 N–H and O–H groups in total. The van der Waals surface area contributed by atoms with E-state index in [0.717, 1.165) is 12.2 Å². The molecule has 0 saturated heterocycles. The van der Waals surface area contributed by atoms with Gasteiger partial charge in [-0.3, -0.25) is 0 Å².